The highest BCUT2D eigenvalue weighted by Gasteiger charge is 2.19. The normalized spacial score (nSPS) is 14.1. The Morgan fingerprint density at radius 2 is 2.07 bits per heavy atom. The quantitative estimate of drug-likeness (QED) is 0.749. The van der Waals surface area contributed by atoms with Crippen LogP contribution in [-0.4, -0.2) is 17.4 Å². The summed E-state index contributed by atoms with van der Waals surface area (Å²) in [4.78, 5) is 17.0. The first-order valence-electron chi connectivity index (χ1n) is 9.72. The van der Waals surface area contributed by atoms with Crippen LogP contribution in [0.15, 0.2) is 30.5 Å². The Morgan fingerprint density at radius 3 is 2.71 bits per heavy atom. The number of pyridine rings is 1. The van der Waals surface area contributed by atoms with E-state index in [0.29, 0.717) is 23.8 Å². The third-order valence-electron chi connectivity index (χ3n) is 5.19. The number of halogens is 1. The predicted octanol–water partition coefficient (Wildman–Crippen LogP) is 4.88. The minimum atomic E-state index is -0.523. The highest BCUT2D eigenvalue weighted by molar-refractivity contribution is 5.95. The minimum absolute atomic E-state index is 0.112. The molecule has 0 saturated heterocycles. The maximum Gasteiger partial charge on any atom is 0.253 e. The highest BCUT2D eigenvalue weighted by atomic mass is 19.1. The molecule has 5 nitrogen and oxygen atoms in total. The monoisotopic (exact) mass is 380 g/mol. The zero-order valence-electron chi connectivity index (χ0n) is 16.3. The number of rotatable bonds is 6. The van der Waals surface area contributed by atoms with Gasteiger partial charge in [0.25, 0.3) is 5.91 Å². The van der Waals surface area contributed by atoms with E-state index < -0.39 is 5.82 Å². The van der Waals surface area contributed by atoms with Gasteiger partial charge in [-0.25, -0.2) is 9.37 Å². The zero-order chi connectivity index (χ0) is 20.1. The van der Waals surface area contributed by atoms with Crippen LogP contribution in [0.25, 0.3) is 0 Å². The Kier molecular flexibility index (Phi) is 6.25. The topological polar surface area (TPSA) is 77.8 Å². The lowest BCUT2D eigenvalue weighted by molar-refractivity contribution is 0.0945. The molecule has 1 aromatic heterocycles. The molecule has 3 rings (SSSR count). The fourth-order valence-electron chi connectivity index (χ4n) is 3.58. The van der Waals surface area contributed by atoms with Crippen molar-refractivity contribution < 1.29 is 9.18 Å². The molecule has 0 radical (unpaired) electrons. The number of aromatic nitrogens is 1. The third kappa shape index (κ3) is 4.66. The maximum atomic E-state index is 14.1. The van der Waals surface area contributed by atoms with Gasteiger partial charge < -0.3 is 10.6 Å². The van der Waals surface area contributed by atoms with Gasteiger partial charge in [0, 0.05) is 12.7 Å². The van der Waals surface area contributed by atoms with Crippen molar-refractivity contribution in [3.8, 4) is 6.07 Å². The second-order valence-electron chi connectivity index (χ2n) is 7.60. The van der Waals surface area contributed by atoms with Gasteiger partial charge >= 0.3 is 0 Å². The SMILES string of the molecule is CC(C)c1cc(Nc2ccc(C#N)cc2F)ncc1C(=O)NCC1CCCC1. The molecule has 2 aromatic rings. The van der Waals surface area contributed by atoms with Gasteiger partial charge in [0.1, 0.15) is 11.6 Å². The largest absolute Gasteiger partial charge is 0.352 e. The van der Waals surface area contributed by atoms with Crippen LogP contribution in [0.5, 0.6) is 0 Å². The second kappa shape index (κ2) is 8.83. The van der Waals surface area contributed by atoms with Crippen LogP contribution in [0.2, 0.25) is 0 Å². The summed E-state index contributed by atoms with van der Waals surface area (Å²) >= 11 is 0. The molecular weight excluding hydrogens is 355 g/mol. The van der Waals surface area contributed by atoms with Crippen molar-refractivity contribution in [2.24, 2.45) is 5.92 Å². The third-order valence-corrected chi connectivity index (χ3v) is 5.19. The average Bonchev–Trinajstić information content (AvgIpc) is 3.21. The van der Waals surface area contributed by atoms with Gasteiger partial charge in [0.05, 0.1) is 22.9 Å². The average molecular weight is 380 g/mol. The summed E-state index contributed by atoms with van der Waals surface area (Å²) in [5, 5.41) is 14.8. The van der Waals surface area contributed by atoms with Gasteiger partial charge in [-0.1, -0.05) is 26.7 Å². The van der Waals surface area contributed by atoms with Crippen molar-refractivity contribution in [1.29, 1.82) is 5.26 Å². The number of amides is 1. The number of nitriles is 1. The molecule has 1 saturated carbocycles. The maximum absolute atomic E-state index is 14.1. The summed E-state index contributed by atoms with van der Waals surface area (Å²) < 4.78 is 14.1. The lowest BCUT2D eigenvalue weighted by Crippen LogP contribution is -2.29. The van der Waals surface area contributed by atoms with E-state index in [1.165, 1.54) is 37.8 Å². The number of anilines is 2. The molecule has 1 fully saturated rings. The van der Waals surface area contributed by atoms with Gasteiger partial charge in [-0.2, -0.15) is 5.26 Å². The number of carbonyl (C=O) groups excluding carboxylic acids is 1. The molecule has 0 spiro atoms. The van der Waals surface area contributed by atoms with Crippen molar-refractivity contribution >= 4 is 17.4 Å². The highest BCUT2D eigenvalue weighted by Crippen LogP contribution is 2.26. The van der Waals surface area contributed by atoms with Crippen molar-refractivity contribution in [2.45, 2.75) is 45.4 Å². The summed E-state index contributed by atoms with van der Waals surface area (Å²) in [7, 11) is 0. The lowest BCUT2D eigenvalue weighted by atomic mass is 9.98. The molecule has 28 heavy (non-hydrogen) atoms. The summed E-state index contributed by atoms with van der Waals surface area (Å²) in [5.74, 6) is 0.505. The zero-order valence-corrected chi connectivity index (χ0v) is 16.3. The number of hydrogen-bond acceptors (Lipinski definition) is 4. The van der Waals surface area contributed by atoms with Crippen LogP contribution in [0.1, 0.15) is 66.9 Å². The van der Waals surface area contributed by atoms with Crippen molar-refractivity contribution in [3.63, 3.8) is 0 Å². The molecule has 1 aliphatic carbocycles. The molecule has 1 amide bonds. The van der Waals surface area contributed by atoms with E-state index in [4.69, 9.17) is 5.26 Å². The van der Waals surface area contributed by atoms with Crippen LogP contribution in [0.3, 0.4) is 0 Å². The minimum Gasteiger partial charge on any atom is -0.352 e. The molecule has 1 aliphatic rings. The molecule has 0 unspecified atom stereocenters. The molecule has 6 heteroatoms. The van der Waals surface area contributed by atoms with E-state index in [-0.39, 0.29) is 23.1 Å². The van der Waals surface area contributed by atoms with Crippen LogP contribution in [-0.2, 0) is 0 Å². The van der Waals surface area contributed by atoms with Crippen LogP contribution in [0, 0.1) is 23.1 Å². The van der Waals surface area contributed by atoms with Crippen molar-refractivity contribution in [3.05, 3.63) is 53.0 Å². The number of nitrogens with zero attached hydrogens (tertiary/aromatic N) is 2. The molecule has 146 valence electrons. The van der Waals surface area contributed by atoms with E-state index in [9.17, 15) is 9.18 Å². The summed E-state index contributed by atoms with van der Waals surface area (Å²) in [5.41, 5.74) is 1.90. The van der Waals surface area contributed by atoms with E-state index >= 15 is 0 Å². The smallest absolute Gasteiger partial charge is 0.253 e. The summed E-state index contributed by atoms with van der Waals surface area (Å²) in [6.45, 7) is 4.72. The fourth-order valence-corrected chi connectivity index (χ4v) is 3.58. The number of hydrogen-bond donors (Lipinski definition) is 2. The molecule has 2 N–H and O–H groups in total. The first kappa shape index (κ1) is 19.8. The van der Waals surface area contributed by atoms with Crippen LogP contribution in [0.4, 0.5) is 15.9 Å². The van der Waals surface area contributed by atoms with Gasteiger partial charge in [0.15, 0.2) is 0 Å². The van der Waals surface area contributed by atoms with Crippen molar-refractivity contribution in [1.82, 2.24) is 10.3 Å². The summed E-state index contributed by atoms with van der Waals surface area (Å²) in [6, 6.07) is 7.92. The fraction of sp³-hybridized carbons (Fsp3) is 0.409. The standard InChI is InChI=1S/C22H25FN4O/c1-14(2)17-10-21(27-20-8-7-16(11-24)9-19(20)23)25-13-18(17)22(28)26-12-15-5-3-4-6-15/h7-10,13-15H,3-6,12H2,1-2H3,(H,25,27)(H,26,28). The number of carbonyl (C=O) groups is 1. The first-order chi connectivity index (χ1) is 13.5. The van der Waals surface area contributed by atoms with E-state index in [2.05, 4.69) is 15.6 Å². The second-order valence-corrected chi connectivity index (χ2v) is 7.60. The Morgan fingerprint density at radius 1 is 1.32 bits per heavy atom. The van der Waals surface area contributed by atoms with Gasteiger partial charge in [-0.3, -0.25) is 4.79 Å². The van der Waals surface area contributed by atoms with Crippen molar-refractivity contribution in [2.75, 3.05) is 11.9 Å². The van der Waals surface area contributed by atoms with E-state index in [1.807, 2.05) is 19.9 Å². The molecular formula is C22H25FN4O. The van der Waals surface area contributed by atoms with Crippen LogP contribution >= 0.6 is 0 Å². The van der Waals surface area contributed by atoms with E-state index in [1.54, 1.807) is 18.3 Å². The molecule has 0 bridgehead atoms. The Balaban J connectivity index is 1.77. The molecule has 1 aromatic carbocycles. The van der Waals surface area contributed by atoms with Gasteiger partial charge in [0.2, 0.25) is 0 Å². The Labute approximate surface area is 165 Å². The molecule has 0 atom stereocenters. The first-order valence-corrected chi connectivity index (χ1v) is 9.72. The number of benzene rings is 1. The van der Waals surface area contributed by atoms with Crippen LogP contribution < -0.4 is 10.6 Å². The molecule has 0 aliphatic heterocycles. The number of nitrogens with one attached hydrogen (secondary N) is 2. The van der Waals surface area contributed by atoms with E-state index in [0.717, 1.165) is 5.56 Å². The Hall–Kier alpha value is -2.94. The molecule has 1 heterocycles. The Bertz CT molecular complexity index is 898. The van der Waals surface area contributed by atoms with Gasteiger partial charge in [-0.05, 0) is 54.5 Å². The van der Waals surface area contributed by atoms with Gasteiger partial charge in [-0.15, -0.1) is 0 Å². The predicted molar refractivity (Wildman–Crippen MR) is 107 cm³/mol. The lowest BCUT2D eigenvalue weighted by Gasteiger charge is -2.16. The summed E-state index contributed by atoms with van der Waals surface area (Å²) in [6.07, 6.45) is 6.38.